The van der Waals surface area contributed by atoms with E-state index in [0.717, 1.165) is 17.0 Å². The van der Waals surface area contributed by atoms with Gasteiger partial charge in [-0.2, -0.15) is 0 Å². The van der Waals surface area contributed by atoms with E-state index in [-0.39, 0.29) is 5.78 Å². The molecule has 1 aliphatic carbocycles. The first kappa shape index (κ1) is 15.1. The fourth-order valence-electron chi connectivity index (χ4n) is 2.46. The summed E-state index contributed by atoms with van der Waals surface area (Å²) in [6.07, 6.45) is 3.48. The first-order valence-corrected chi connectivity index (χ1v) is 7.84. The summed E-state index contributed by atoms with van der Waals surface area (Å²) in [6.45, 7) is 1.85. The zero-order valence-corrected chi connectivity index (χ0v) is 13.9. The molecular weight excluding hydrogens is 322 g/mol. The highest BCUT2D eigenvalue weighted by Crippen LogP contribution is 2.37. The molecule has 22 heavy (non-hydrogen) atoms. The average Bonchev–Trinajstić information content (AvgIpc) is 3.12. The van der Waals surface area contributed by atoms with Gasteiger partial charge < -0.3 is 9.47 Å². The van der Waals surface area contributed by atoms with Crippen LogP contribution < -0.4 is 4.74 Å². The summed E-state index contributed by atoms with van der Waals surface area (Å²) in [5.41, 5.74) is 3.30. The third-order valence-corrected chi connectivity index (χ3v) is 4.70. The Labute approximate surface area is 137 Å². The Hall–Kier alpha value is -1.85. The number of ether oxygens (including phenoxy) is 2. The van der Waals surface area contributed by atoms with E-state index in [2.05, 4.69) is 11.1 Å². The lowest BCUT2D eigenvalue weighted by Gasteiger charge is -2.19. The molecule has 0 bridgehead atoms. The second kappa shape index (κ2) is 5.74. The van der Waals surface area contributed by atoms with Gasteiger partial charge in [-0.05, 0) is 6.92 Å². The molecule has 2 heterocycles. The van der Waals surface area contributed by atoms with E-state index in [4.69, 9.17) is 21.1 Å². The molecule has 0 unspecified atom stereocenters. The fourth-order valence-corrected chi connectivity index (χ4v) is 3.51. The lowest BCUT2D eigenvalue weighted by Crippen LogP contribution is -2.18. The number of nitrogens with zero attached hydrogens (tertiary/aromatic N) is 1. The van der Waals surface area contributed by atoms with Gasteiger partial charge in [0.15, 0.2) is 10.8 Å². The Morgan fingerprint density at radius 3 is 2.82 bits per heavy atom. The molecule has 0 saturated heterocycles. The van der Waals surface area contributed by atoms with Crippen LogP contribution in [0.2, 0.25) is 0 Å². The number of Topliss-reactive ketones (excluding diaryl/α,β-unsaturated/α-hetero) is 1. The van der Waals surface area contributed by atoms with Gasteiger partial charge in [-0.25, -0.2) is 0 Å². The lowest BCUT2D eigenvalue weighted by molar-refractivity contribution is 0.102. The van der Waals surface area contributed by atoms with Gasteiger partial charge in [0.1, 0.15) is 5.76 Å². The van der Waals surface area contributed by atoms with Crippen molar-refractivity contribution in [1.29, 1.82) is 0 Å². The maximum atomic E-state index is 12.8. The summed E-state index contributed by atoms with van der Waals surface area (Å²) in [4.78, 5) is 17.2. The summed E-state index contributed by atoms with van der Waals surface area (Å²) in [6, 6.07) is 1.71. The van der Waals surface area contributed by atoms with Crippen molar-refractivity contribution in [1.82, 2.24) is 0 Å². The second-order valence-corrected chi connectivity index (χ2v) is 6.09. The summed E-state index contributed by atoms with van der Waals surface area (Å²) < 4.78 is 10.5. The number of halogens is 1. The van der Waals surface area contributed by atoms with Gasteiger partial charge in [0.05, 0.1) is 25.0 Å². The van der Waals surface area contributed by atoms with Crippen LogP contribution in [-0.2, 0) is 4.74 Å². The number of carbonyl (C=O) groups is 1. The highest BCUT2D eigenvalue weighted by Gasteiger charge is 2.32. The quantitative estimate of drug-likeness (QED) is 0.785. The molecule has 113 valence electrons. The van der Waals surface area contributed by atoms with Crippen LogP contribution in [0.1, 0.15) is 23.7 Å². The number of methoxy groups -OCH3 is 2. The number of ketones is 1. The van der Waals surface area contributed by atoms with Crippen molar-refractivity contribution in [3.05, 3.63) is 50.7 Å². The molecule has 0 fully saturated rings. The topological polar surface area (TPSA) is 47.9 Å². The zero-order chi connectivity index (χ0) is 15.9. The summed E-state index contributed by atoms with van der Waals surface area (Å²) in [5, 5.41) is 2.83. The predicted octanol–water partition coefficient (Wildman–Crippen LogP) is 3.90. The van der Waals surface area contributed by atoms with Crippen LogP contribution in [0, 0.1) is 6.08 Å². The van der Waals surface area contributed by atoms with Crippen molar-refractivity contribution in [2.45, 2.75) is 13.3 Å². The smallest absolute Gasteiger partial charge is 0.194 e. The summed E-state index contributed by atoms with van der Waals surface area (Å²) >= 11 is 7.75. The average molecular weight is 335 g/mol. The third-order valence-electron chi connectivity index (χ3n) is 3.45. The van der Waals surface area contributed by atoms with Crippen molar-refractivity contribution in [2.75, 3.05) is 14.2 Å². The summed E-state index contributed by atoms with van der Waals surface area (Å²) in [7, 11) is 3.08. The predicted molar refractivity (Wildman–Crippen MR) is 86.6 cm³/mol. The molecule has 4 nitrogen and oxygen atoms in total. The zero-order valence-electron chi connectivity index (χ0n) is 12.3. The van der Waals surface area contributed by atoms with Gasteiger partial charge >= 0.3 is 0 Å². The Morgan fingerprint density at radius 1 is 1.41 bits per heavy atom. The molecule has 0 N–H and O–H groups in total. The van der Waals surface area contributed by atoms with Crippen molar-refractivity contribution >= 4 is 34.4 Å². The number of fused-ring (bicyclic) bond motifs is 1. The number of hydrogen-bond acceptors (Lipinski definition) is 5. The van der Waals surface area contributed by atoms with Crippen LogP contribution in [0.15, 0.2) is 44.1 Å². The first-order valence-electron chi connectivity index (χ1n) is 6.58. The van der Waals surface area contributed by atoms with Gasteiger partial charge in [0, 0.05) is 46.3 Å². The van der Waals surface area contributed by atoms with Crippen LogP contribution in [0.5, 0.6) is 5.06 Å². The normalized spacial score (nSPS) is 17.3. The van der Waals surface area contributed by atoms with E-state index in [1.54, 1.807) is 18.6 Å². The number of rotatable bonds is 4. The van der Waals surface area contributed by atoms with E-state index in [0.29, 0.717) is 33.4 Å². The monoisotopic (exact) mass is 334 g/mol. The van der Waals surface area contributed by atoms with E-state index >= 15 is 0 Å². The minimum absolute atomic E-state index is 0.124. The molecule has 1 aliphatic heterocycles. The number of carbonyl (C=O) groups excluding carboxylic acids is 1. The molecule has 1 radical (unpaired) electrons. The highest BCUT2D eigenvalue weighted by molar-refractivity contribution is 7.12. The third kappa shape index (κ3) is 2.40. The molecule has 3 rings (SSSR count). The number of allylic oxidation sites excluding steroid dienone is 5. The minimum atomic E-state index is -0.124. The van der Waals surface area contributed by atoms with Gasteiger partial charge in [0.25, 0.3) is 0 Å². The number of hydrogen-bond donors (Lipinski definition) is 0. The van der Waals surface area contributed by atoms with Gasteiger partial charge in [0.2, 0.25) is 0 Å². The van der Waals surface area contributed by atoms with Gasteiger partial charge in [-0.3, -0.25) is 9.79 Å². The standard InChI is InChI=1S/C16H13ClNO3S/c1-8-4-10-12(18-8)6-11(16(21-3)14(10)17)15(19)9-5-13(20-2)22-7-9/h5,7H,6H2,1-3H3. The van der Waals surface area contributed by atoms with Crippen molar-refractivity contribution in [2.24, 2.45) is 4.99 Å². The fraction of sp³-hybridized carbons (Fsp3) is 0.250. The number of aliphatic imine (C=N–C) groups is 1. The van der Waals surface area contributed by atoms with E-state index in [1.807, 2.05) is 6.92 Å². The molecular formula is C16H13ClNO3S. The van der Waals surface area contributed by atoms with Crippen LogP contribution in [-0.4, -0.2) is 25.7 Å². The second-order valence-electron chi connectivity index (χ2n) is 4.83. The molecule has 0 aromatic carbocycles. The molecule has 1 aromatic rings. The van der Waals surface area contributed by atoms with E-state index in [9.17, 15) is 4.79 Å². The Bertz CT molecular complexity index is 783. The molecule has 0 amide bonds. The lowest BCUT2D eigenvalue weighted by atomic mass is 9.91. The highest BCUT2D eigenvalue weighted by atomic mass is 35.5. The van der Waals surface area contributed by atoms with E-state index < -0.39 is 0 Å². The van der Waals surface area contributed by atoms with Crippen molar-refractivity contribution in [3.63, 3.8) is 0 Å². The van der Waals surface area contributed by atoms with Crippen molar-refractivity contribution in [3.8, 4) is 5.06 Å². The maximum Gasteiger partial charge on any atom is 0.194 e. The van der Waals surface area contributed by atoms with Crippen LogP contribution in [0.3, 0.4) is 0 Å². The Kier molecular flexibility index (Phi) is 3.93. The Morgan fingerprint density at radius 2 is 2.18 bits per heavy atom. The molecule has 6 heteroatoms. The van der Waals surface area contributed by atoms with Gasteiger partial charge in [-0.15, -0.1) is 11.3 Å². The van der Waals surface area contributed by atoms with Crippen molar-refractivity contribution < 1.29 is 14.3 Å². The first-order chi connectivity index (χ1) is 10.5. The van der Waals surface area contributed by atoms with Crippen LogP contribution >= 0.6 is 22.9 Å². The molecule has 0 saturated carbocycles. The minimum Gasteiger partial charge on any atom is -0.495 e. The number of thiophene rings is 1. The molecule has 2 aliphatic rings. The van der Waals surface area contributed by atoms with Gasteiger partial charge in [-0.1, -0.05) is 11.6 Å². The summed E-state index contributed by atoms with van der Waals surface area (Å²) in [5.74, 6) is 0.272. The maximum absolute atomic E-state index is 12.8. The van der Waals surface area contributed by atoms with E-state index in [1.165, 1.54) is 18.4 Å². The molecule has 0 spiro atoms. The molecule has 0 atom stereocenters. The van der Waals surface area contributed by atoms with Crippen LogP contribution in [0.4, 0.5) is 0 Å². The largest absolute Gasteiger partial charge is 0.495 e. The van der Waals surface area contributed by atoms with Crippen LogP contribution in [0.25, 0.3) is 0 Å². The SMILES string of the molecule is COC1=C(C(=O)c2csc(OC)c2)CC2=NC(C)=[C]C2=C1Cl. The molecule has 1 aromatic heterocycles. The Balaban J connectivity index is 2.04.